The van der Waals surface area contributed by atoms with E-state index in [9.17, 15) is 13.9 Å². The van der Waals surface area contributed by atoms with Gasteiger partial charge in [0.25, 0.3) is 0 Å². The highest BCUT2D eigenvalue weighted by Gasteiger charge is 2.36. The molecule has 0 aliphatic carbocycles. The van der Waals surface area contributed by atoms with E-state index in [4.69, 9.17) is 16.3 Å². The smallest absolute Gasteiger partial charge is 0.142 e. The minimum atomic E-state index is -1.75. The summed E-state index contributed by atoms with van der Waals surface area (Å²) in [5, 5.41) is 16.6. The number of ether oxygens (including phenoxy) is 1. The first-order valence-electron chi connectivity index (χ1n) is 9.49. The van der Waals surface area contributed by atoms with Gasteiger partial charge in [0, 0.05) is 29.5 Å². The predicted octanol–water partition coefficient (Wildman–Crippen LogP) is 5.37. The van der Waals surface area contributed by atoms with Gasteiger partial charge < -0.3 is 9.84 Å². The molecule has 7 heteroatoms. The Morgan fingerprint density at radius 2 is 1.52 bits per heavy atom. The molecule has 0 amide bonds. The highest BCUT2D eigenvalue weighted by molar-refractivity contribution is 6.31. The molecule has 0 unspecified atom stereocenters. The summed E-state index contributed by atoms with van der Waals surface area (Å²) in [5.41, 5.74) is 0.919. The van der Waals surface area contributed by atoms with Crippen molar-refractivity contribution in [3.05, 3.63) is 112 Å². The Hall–Kier alpha value is -3.06. The predicted molar refractivity (Wildman–Crippen MR) is 115 cm³/mol. The number of nitrogens with zero attached hydrogens (tertiary/aromatic N) is 2. The lowest BCUT2D eigenvalue weighted by molar-refractivity contribution is 0.122. The van der Waals surface area contributed by atoms with Gasteiger partial charge in [-0.3, -0.25) is 0 Å². The van der Waals surface area contributed by atoms with E-state index in [1.807, 2.05) is 12.1 Å². The molecule has 0 aliphatic heterocycles. The van der Waals surface area contributed by atoms with Gasteiger partial charge in [-0.2, -0.15) is 5.10 Å². The molecule has 0 fully saturated rings. The van der Waals surface area contributed by atoms with Gasteiger partial charge in [0.2, 0.25) is 0 Å². The van der Waals surface area contributed by atoms with E-state index < -0.39 is 17.2 Å². The summed E-state index contributed by atoms with van der Waals surface area (Å²) in [5.74, 6) is -0.873. The second kappa shape index (κ2) is 8.59. The normalized spacial score (nSPS) is 11.6. The largest absolute Gasteiger partial charge is 0.376 e. The lowest BCUT2D eigenvalue weighted by atomic mass is 9.79. The van der Waals surface area contributed by atoms with E-state index in [2.05, 4.69) is 5.10 Å². The molecule has 4 nitrogen and oxygen atoms in total. The topological polar surface area (TPSA) is 47.3 Å². The number of benzene rings is 3. The average molecular weight is 441 g/mol. The van der Waals surface area contributed by atoms with Crippen LogP contribution in [0.25, 0.3) is 11.3 Å². The molecule has 0 saturated heterocycles. The molecule has 3 aromatic carbocycles. The third-order valence-electron chi connectivity index (χ3n) is 5.14. The highest BCUT2D eigenvalue weighted by atomic mass is 35.5. The van der Waals surface area contributed by atoms with Gasteiger partial charge in [0.15, 0.2) is 0 Å². The van der Waals surface area contributed by atoms with Crippen LogP contribution in [0.4, 0.5) is 8.78 Å². The highest BCUT2D eigenvalue weighted by Crippen LogP contribution is 2.41. The summed E-state index contributed by atoms with van der Waals surface area (Å²) < 4.78 is 34.1. The van der Waals surface area contributed by atoms with Gasteiger partial charge >= 0.3 is 0 Å². The van der Waals surface area contributed by atoms with Gasteiger partial charge in [0.1, 0.15) is 24.0 Å². The summed E-state index contributed by atoms with van der Waals surface area (Å²) in [4.78, 5) is 0. The first-order valence-corrected chi connectivity index (χ1v) is 9.87. The van der Waals surface area contributed by atoms with Crippen molar-refractivity contribution in [3.8, 4) is 11.3 Å². The lowest BCUT2D eigenvalue weighted by Gasteiger charge is -2.31. The molecular formula is C24H19ClF2N2O2. The van der Waals surface area contributed by atoms with E-state index in [1.165, 1.54) is 48.5 Å². The molecule has 1 aromatic heterocycles. The summed E-state index contributed by atoms with van der Waals surface area (Å²) >= 11 is 6.55. The monoisotopic (exact) mass is 440 g/mol. The van der Waals surface area contributed by atoms with Crippen LogP contribution in [0.5, 0.6) is 0 Å². The van der Waals surface area contributed by atoms with Crippen molar-refractivity contribution in [1.82, 2.24) is 9.78 Å². The summed E-state index contributed by atoms with van der Waals surface area (Å²) in [6.45, 7) is 0.250. The number of aliphatic hydroxyl groups is 1. The van der Waals surface area contributed by atoms with E-state index >= 15 is 0 Å². The molecular weight excluding hydrogens is 422 g/mol. The third kappa shape index (κ3) is 3.97. The number of halogens is 3. The minimum absolute atomic E-state index is 0.250. The molecule has 4 rings (SSSR count). The molecule has 0 atom stereocenters. The van der Waals surface area contributed by atoms with Crippen molar-refractivity contribution < 1.29 is 18.6 Å². The maximum Gasteiger partial charge on any atom is 0.142 e. The molecule has 1 heterocycles. The van der Waals surface area contributed by atoms with E-state index in [1.54, 1.807) is 30.1 Å². The fraction of sp³-hybridized carbons (Fsp3) is 0.125. The van der Waals surface area contributed by atoms with Crippen molar-refractivity contribution in [2.24, 2.45) is 0 Å². The molecule has 0 saturated carbocycles. The summed E-state index contributed by atoms with van der Waals surface area (Å²) in [6.07, 6.45) is 1.65. The van der Waals surface area contributed by atoms with Gasteiger partial charge in [-0.05, 0) is 53.6 Å². The Morgan fingerprint density at radius 3 is 2.06 bits per heavy atom. The van der Waals surface area contributed by atoms with Crippen LogP contribution in [0.2, 0.25) is 5.02 Å². The zero-order chi connectivity index (χ0) is 22.0. The number of rotatable bonds is 6. The number of aromatic nitrogens is 2. The Morgan fingerprint density at radius 1 is 0.935 bits per heavy atom. The standard InChI is InChI=1S/C24H19ClF2N2O2/c1-31-15-29-23(12-13-28-29)16-2-11-22(25)21(14-16)24(30,17-3-7-19(26)8-4-17)18-5-9-20(27)10-6-18/h2-14,30H,15H2,1H3. The maximum atomic E-state index is 13.6. The van der Waals surface area contributed by atoms with Crippen LogP contribution in [-0.4, -0.2) is 22.0 Å². The van der Waals surface area contributed by atoms with Gasteiger partial charge in [0.05, 0.1) is 5.69 Å². The van der Waals surface area contributed by atoms with Gasteiger partial charge in [-0.25, -0.2) is 13.5 Å². The fourth-order valence-corrected chi connectivity index (χ4v) is 3.88. The first-order chi connectivity index (χ1) is 14.9. The van der Waals surface area contributed by atoms with E-state index in [0.717, 1.165) is 11.3 Å². The molecule has 31 heavy (non-hydrogen) atoms. The van der Waals surface area contributed by atoms with Crippen LogP contribution >= 0.6 is 11.6 Å². The minimum Gasteiger partial charge on any atom is -0.376 e. The number of hydrogen-bond acceptors (Lipinski definition) is 3. The Bertz CT molecular complexity index is 1150. The Kier molecular flexibility index (Phi) is 5.87. The van der Waals surface area contributed by atoms with Crippen LogP contribution in [0, 0.1) is 11.6 Å². The van der Waals surface area contributed by atoms with Crippen molar-refractivity contribution in [2.75, 3.05) is 7.11 Å². The third-order valence-corrected chi connectivity index (χ3v) is 5.47. The number of methoxy groups -OCH3 is 1. The van der Waals surface area contributed by atoms with Crippen molar-refractivity contribution in [1.29, 1.82) is 0 Å². The van der Waals surface area contributed by atoms with E-state index in [0.29, 0.717) is 21.7 Å². The molecule has 0 bridgehead atoms. The lowest BCUT2D eigenvalue weighted by Crippen LogP contribution is -2.29. The van der Waals surface area contributed by atoms with Crippen LogP contribution in [0.3, 0.4) is 0 Å². The quantitative estimate of drug-likeness (QED) is 0.410. The molecule has 0 aliphatic rings. The zero-order valence-corrected chi connectivity index (χ0v) is 17.4. The van der Waals surface area contributed by atoms with E-state index in [-0.39, 0.29) is 6.73 Å². The van der Waals surface area contributed by atoms with Crippen LogP contribution in [-0.2, 0) is 17.1 Å². The van der Waals surface area contributed by atoms with Crippen LogP contribution in [0.1, 0.15) is 16.7 Å². The Balaban J connectivity index is 1.94. The average Bonchev–Trinajstić information content (AvgIpc) is 3.23. The van der Waals surface area contributed by atoms with Gasteiger partial charge in [-0.15, -0.1) is 0 Å². The Labute approximate surface area is 183 Å². The van der Waals surface area contributed by atoms with Crippen LogP contribution < -0.4 is 0 Å². The van der Waals surface area contributed by atoms with Crippen LogP contribution in [0.15, 0.2) is 79.0 Å². The molecule has 0 radical (unpaired) electrons. The summed E-state index contributed by atoms with van der Waals surface area (Å²) in [6, 6.07) is 18.0. The molecule has 0 spiro atoms. The van der Waals surface area contributed by atoms with Gasteiger partial charge in [-0.1, -0.05) is 41.9 Å². The summed E-state index contributed by atoms with van der Waals surface area (Å²) in [7, 11) is 1.57. The maximum absolute atomic E-state index is 13.6. The SMILES string of the molecule is COCn1nccc1-c1ccc(Cl)c(C(O)(c2ccc(F)cc2)c2ccc(F)cc2)c1. The number of hydrogen-bond donors (Lipinski definition) is 1. The first kappa shape index (κ1) is 21.2. The second-order valence-corrected chi connectivity index (χ2v) is 7.46. The zero-order valence-electron chi connectivity index (χ0n) is 16.6. The molecule has 4 aromatic rings. The molecule has 158 valence electrons. The van der Waals surface area contributed by atoms with Crippen molar-refractivity contribution in [3.63, 3.8) is 0 Å². The second-order valence-electron chi connectivity index (χ2n) is 7.05. The van der Waals surface area contributed by atoms with Crippen molar-refractivity contribution >= 4 is 11.6 Å². The molecule has 1 N–H and O–H groups in total. The van der Waals surface area contributed by atoms with Crippen molar-refractivity contribution in [2.45, 2.75) is 12.3 Å². The fourth-order valence-electron chi connectivity index (χ4n) is 3.62.